The molecule has 2 aromatic heterocycles. The van der Waals surface area contributed by atoms with E-state index in [1.54, 1.807) is 36.6 Å². The topological polar surface area (TPSA) is 118 Å². The fourth-order valence-electron chi connectivity index (χ4n) is 3.55. The molecule has 0 saturated heterocycles. The summed E-state index contributed by atoms with van der Waals surface area (Å²) in [5.41, 5.74) is 0.504. The smallest absolute Gasteiger partial charge is 0.163 e. The minimum atomic E-state index is -3.71. The summed E-state index contributed by atoms with van der Waals surface area (Å²) in [5.74, 6) is 1.18. The van der Waals surface area contributed by atoms with Crippen molar-refractivity contribution in [1.29, 1.82) is 0 Å². The van der Waals surface area contributed by atoms with E-state index >= 15 is 0 Å². The molecule has 190 valence electrons. The molecule has 2 heterocycles. The molecule has 0 saturated carbocycles. The number of benzene rings is 1. The second kappa shape index (κ2) is 11.8. The van der Waals surface area contributed by atoms with E-state index < -0.39 is 21.0 Å². The zero-order chi connectivity index (χ0) is 25.6. The minimum absolute atomic E-state index is 0.145. The second-order valence-corrected chi connectivity index (χ2v) is 10.8. The molecule has 3 rings (SSSR count). The summed E-state index contributed by atoms with van der Waals surface area (Å²) in [6.07, 6.45) is 3.73. The van der Waals surface area contributed by atoms with Gasteiger partial charge in [-0.25, -0.2) is 18.4 Å². The SMILES string of the molecule is CCCOCc1nnc(CS(=O)(=O)[C@@H](C)[C@H](C)c2ncc(Cl)cn2)n1-c1c(OC)cccc1OC. The van der Waals surface area contributed by atoms with E-state index in [-0.39, 0.29) is 18.2 Å². The highest BCUT2D eigenvalue weighted by Gasteiger charge is 2.32. The van der Waals surface area contributed by atoms with E-state index in [1.165, 1.54) is 26.6 Å². The van der Waals surface area contributed by atoms with Crippen LogP contribution in [0.1, 0.15) is 50.6 Å². The third kappa shape index (κ3) is 6.09. The summed E-state index contributed by atoms with van der Waals surface area (Å²) in [7, 11) is -0.651. The Labute approximate surface area is 210 Å². The second-order valence-electron chi connectivity index (χ2n) is 7.99. The number of sulfone groups is 1. The molecular formula is C23H30ClN5O5S. The first-order chi connectivity index (χ1) is 16.7. The first kappa shape index (κ1) is 26.8. The highest BCUT2D eigenvalue weighted by Crippen LogP contribution is 2.35. The molecule has 0 aliphatic carbocycles. The first-order valence-corrected chi connectivity index (χ1v) is 13.2. The summed E-state index contributed by atoms with van der Waals surface area (Å²) >= 11 is 5.87. The number of halogens is 1. The number of methoxy groups -OCH3 is 2. The van der Waals surface area contributed by atoms with Crippen molar-refractivity contribution in [2.75, 3.05) is 20.8 Å². The third-order valence-electron chi connectivity index (χ3n) is 5.65. The van der Waals surface area contributed by atoms with Crippen LogP contribution in [0.3, 0.4) is 0 Å². The van der Waals surface area contributed by atoms with E-state index in [1.807, 2.05) is 6.92 Å². The number of rotatable bonds is 12. The fraction of sp³-hybridized carbons (Fsp3) is 0.478. The standard InChI is InChI=1S/C23H30ClN5O5S/c1-6-10-34-13-20-27-28-21(29(20)22-18(32-4)8-7-9-19(22)33-5)14-35(30,31)16(3)15(2)23-25-11-17(24)12-26-23/h7-9,11-12,15-16H,6,10,13-14H2,1-5H3/t15-,16-/m0/s1. The van der Waals surface area contributed by atoms with Crippen molar-refractivity contribution in [3.63, 3.8) is 0 Å². The van der Waals surface area contributed by atoms with Crippen LogP contribution in [0, 0.1) is 0 Å². The molecule has 1 aromatic carbocycles. The average Bonchev–Trinajstić information content (AvgIpc) is 3.24. The molecule has 0 fully saturated rings. The largest absolute Gasteiger partial charge is 0.494 e. The van der Waals surface area contributed by atoms with Gasteiger partial charge in [0, 0.05) is 24.9 Å². The number of ether oxygens (including phenoxy) is 3. The molecule has 12 heteroatoms. The first-order valence-electron chi connectivity index (χ1n) is 11.1. The Morgan fingerprint density at radius 3 is 2.20 bits per heavy atom. The van der Waals surface area contributed by atoms with Gasteiger partial charge in [0.1, 0.15) is 35.4 Å². The Morgan fingerprint density at radius 2 is 1.63 bits per heavy atom. The minimum Gasteiger partial charge on any atom is -0.494 e. The van der Waals surface area contributed by atoms with E-state index in [4.69, 9.17) is 25.8 Å². The van der Waals surface area contributed by atoms with Gasteiger partial charge in [0.25, 0.3) is 0 Å². The highest BCUT2D eigenvalue weighted by atomic mass is 35.5. The molecule has 0 N–H and O–H groups in total. The van der Waals surface area contributed by atoms with Crippen molar-refractivity contribution in [3.05, 3.63) is 53.1 Å². The Balaban J connectivity index is 2.03. The van der Waals surface area contributed by atoms with Gasteiger partial charge >= 0.3 is 0 Å². The quantitative estimate of drug-likeness (QED) is 0.327. The Bertz CT molecular complexity index is 1210. The van der Waals surface area contributed by atoms with E-state index in [2.05, 4.69) is 20.2 Å². The van der Waals surface area contributed by atoms with Gasteiger partial charge in [0.15, 0.2) is 21.5 Å². The maximum atomic E-state index is 13.5. The van der Waals surface area contributed by atoms with E-state index in [9.17, 15) is 8.42 Å². The van der Waals surface area contributed by atoms with Gasteiger partial charge in [-0.1, -0.05) is 31.5 Å². The molecule has 0 bridgehead atoms. The van der Waals surface area contributed by atoms with E-state index in [0.717, 1.165) is 6.42 Å². The summed E-state index contributed by atoms with van der Waals surface area (Å²) < 4.78 is 45.4. The summed E-state index contributed by atoms with van der Waals surface area (Å²) in [6, 6.07) is 5.30. The van der Waals surface area contributed by atoms with E-state index in [0.29, 0.717) is 40.5 Å². The van der Waals surface area contributed by atoms with Gasteiger partial charge in [0.2, 0.25) is 0 Å². The lowest BCUT2D eigenvalue weighted by atomic mass is 10.1. The van der Waals surface area contributed by atoms with Gasteiger partial charge in [0.05, 0.1) is 24.5 Å². The van der Waals surface area contributed by atoms with Crippen molar-refractivity contribution in [2.24, 2.45) is 0 Å². The molecule has 35 heavy (non-hydrogen) atoms. The predicted octanol–water partition coefficient (Wildman–Crippen LogP) is 3.76. The summed E-state index contributed by atoms with van der Waals surface area (Å²) in [5, 5.41) is 8.06. The van der Waals surface area contributed by atoms with Crippen LogP contribution in [-0.4, -0.2) is 59.2 Å². The van der Waals surface area contributed by atoms with Crippen LogP contribution in [0.4, 0.5) is 0 Å². The van der Waals surface area contributed by atoms with Crippen molar-refractivity contribution in [2.45, 2.75) is 50.7 Å². The van der Waals surface area contributed by atoms with Crippen LogP contribution in [0.15, 0.2) is 30.6 Å². The maximum absolute atomic E-state index is 13.5. The lowest BCUT2D eigenvalue weighted by molar-refractivity contribution is 0.114. The third-order valence-corrected chi connectivity index (χ3v) is 8.05. The summed E-state index contributed by atoms with van der Waals surface area (Å²) in [6.45, 7) is 6.07. The predicted molar refractivity (Wildman–Crippen MR) is 132 cm³/mol. The van der Waals surface area contributed by atoms with Crippen LogP contribution < -0.4 is 9.47 Å². The van der Waals surface area contributed by atoms with Gasteiger partial charge in [-0.15, -0.1) is 10.2 Å². The Hall–Kier alpha value is -2.76. The molecule has 0 amide bonds. The van der Waals surface area contributed by atoms with Crippen LogP contribution >= 0.6 is 11.6 Å². The Kier molecular flexibility index (Phi) is 9.03. The normalized spacial score (nSPS) is 13.4. The van der Waals surface area contributed by atoms with Crippen molar-refractivity contribution in [1.82, 2.24) is 24.7 Å². The van der Waals surface area contributed by atoms with Crippen LogP contribution in [0.5, 0.6) is 11.5 Å². The molecule has 2 atom stereocenters. The number of aromatic nitrogens is 5. The van der Waals surface area contributed by atoms with Crippen molar-refractivity contribution in [3.8, 4) is 17.2 Å². The van der Waals surface area contributed by atoms with Gasteiger partial charge in [-0.3, -0.25) is 4.57 Å². The number of hydrogen-bond acceptors (Lipinski definition) is 9. The monoisotopic (exact) mass is 523 g/mol. The maximum Gasteiger partial charge on any atom is 0.163 e. The zero-order valence-electron chi connectivity index (χ0n) is 20.4. The fourth-order valence-corrected chi connectivity index (χ4v) is 5.20. The Morgan fingerprint density at radius 1 is 1.03 bits per heavy atom. The zero-order valence-corrected chi connectivity index (χ0v) is 22.0. The molecule has 10 nitrogen and oxygen atoms in total. The lowest BCUT2D eigenvalue weighted by Gasteiger charge is -2.20. The number of hydrogen-bond donors (Lipinski definition) is 0. The summed E-state index contributed by atoms with van der Waals surface area (Å²) in [4.78, 5) is 8.37. The average molecular weight is 524 g/mol. The molecule has 0 spiro atoms. The molecule has 0 aliphatic heterocycles. The van der Waals surface area contributed by atoms with Gasteiger partial charge < -0.3 is 14.2 Å². The van der Waals surface area contributed by atoms with Crippen molar-refractivity contribution >= 4 is 21.4 Å². The highest BCUT2D eigenvalue weighted by molar-refractivity contribution is 7.91. The number of para-hydroxylation sites is 1. The van der Waals surface area contributed by atoms with Crippen LogP contribution in [0.2, 0.25) is 5.02 Å². The van der Waals surface area contributed by atoms with Gasteiger partial charge in [-0.2, -0.15) is 0 Å². The molecule has 0 aliphatic rings. The molecule has 0 radical (unpaired) electrons. The van der Waals surface area contributed by atoms with Crippen LogP contribution in [-0.2, 0) is 26.9 Å². The van der Waals surface area contributed by atoms with Gasteiger partial charge in [-0.05, 0) is 25.5 Å². The van der Waals surface area contributed by atoms with Crippen molar-refractivity contribution < 1.29 is 22.6 Å². The molecule has 3 aromatic rings. The number of nitrogens with zero attached hydrogens (tertiary/aromatic N) is 5. The molecule has 0 unspecified atom stereocenters. The lowest BCUT2D eigenvalue weighted by Crippen LogP contribution is -2.27. The van der Waals surface area contributed by atoms with Crippen LogP contribution in [0.25, 0.3) is 5.69 Å². The molecular weight excluding hydrogens is 494 g/mol.